The van der Waals surface area contributed by atoms with Crippen molar-refractivity contribution in [2.75, 3.05) is 45.2 Å². The zero-order chi connectivity index (χ0) is 24.0. The fourth-order valence-electron chi connectivity index (χ4n) is 3.54. The monoisotopic (exact) mass is 460 g/mol. The Labute approximate surface area is 191 Å². The number of hydrogen-bond donors (Lipinski definition) is 3. The van der Waals surface area contributed by atoms with E-state index in [1.165, 1.54) is 4.57 Å². The molecule has 0 saturated heterocycles. The number of benzene rings is 1. The van der Waals surface area contributed by atoms with Gasteiger partial charge in [-0.1, -0.05) is 13.8 Å². The molecule has 0 bridgehead atoms. The molecule has 2 aromatic heterocycles. The third-order valence-electron chi connectivity index (χ3n) is 5.51. The van der Waals surface area contributed by atoms with Crippen LogP contribution in [0.4, 0.5) is 5.95 Å². The number of methoxy groups -OCH3 is 1. The van der Waals surface area contributed by atoms with Gasteiger partial charge in [0.15, 0.2) is 11.2 Å². The zero-order valence-corrected chi connectivity index (χ0v) is 19.5. The average Bonchev–Trinajstić information content (AvgIpc) is 3.18. The van der Waals surface area contributed by atoms with Crippen LogP contribution in [0, 0.1) is 0 Å². The number of H-pyrrole nitrogens is 1. The van der Waals surface area contributed by atoms with Crippen LogP contribution in [0.1, 0.15) is 13.8 Å². The summed E-state index contributed by atoms with van der Waals surface area (Å²) < 4.78 is 13.7. The number of ether oxygens (including phenoxy) is 2. The Bertz CT molecular complexity index is 1160. The van der Waals surface area contributed by atoms with Gasteiger partial charge in [-0.15, -0.1) is 0 Å². The number of imidazole rings is 1. The highest BCUT2D eigenvalue weighted by Crippen LogP contribution is 2.19. The van der Waals surface area contributed by atoms with Crippen molar-refractivity contribution in [3.8, 4) is 11.5 Å². The molecule has 11 nitrogen and oxygen atoms in total. The van der Waals surface area contributed by atoms with E-state index in [-0.39, 0.29) is 24.3 Å². The van der Waals surface area contributed by atoms with Crippen LogP contribution in [0.2, 0.25) is 0 Å². The molecule has 0 aliphatic heterocycles. The highest BCUT2D eigenvalue weighted by Gasteiger charge is 2.20. The van der Waals surface area contributed by atoms with E-state index >= 15 is 0 Å². The molecule has 11 heteroatoms. The Morgan fingerprint density at radius 3 is 2.48 bits per heavy atom. The van der Waals surface area contributed by atoms with Crippen molar-refractivity contribution in [2.45, 2.75) is 26.5 Å². The molecule has 3 N–H and O–H groups in total. The second kappa shape index (κ2) is 11.0. The van der Waals surface area contributed by atoms with Gasteiger partial charge < -0.3 is 29.4 Å². The van der Waals surface area contributed by atoms with E-state index in [0.29, 0.717) is 24.0 Å². The number of anilines is 1. The Kier molecular flexibility index (Phi) is 8.12. The molecular formula is C22H32N6O5. The number of aliphatic hydroxyl groups is 1. The number of aryl methyl sites for hydroxylation is 1. The molecule has 0 unspecified atom stereocenters. The largest absolute Gasteiger partial charge is 0.497 e. The van der Waals surface area contributed by atoms with Crippen LogP contribution in [0.15, 0.2) is 33.9 Å². The average molecular weight is 461 g/mol. The van der Waals surface area contributed by atoms with Gasteiger partial charge in [0.25, 0.3) is 5.56 Å². The van der Waals surface area contributed by atoms with E-state index < -0.39 is 17.4 Å². The van der Waals surface area contributed by atoms with Crippen LogP contribution in [0.5, 0.6) is 11.5 Å². The Balaban J connectivity index is 1.81. The summed E-state index contributed by atoms with van der Waals surface area (Å²) in [5.74, 6) is 1.70. The van der Waals surface area contributed by atoms with E-state index in [9.17, 15) is 14.7 Å². The Hall–Kier alpha value is -3.31. The van der Waals surface area contributed by atoms with Crippen molar-refractivity contribution in [2.24, 2.45) is 7.05 Å². The highest BCUT2D eigenvalue weighted by molar-refractivity contribution is 5.74. The number of aliphatic hydroxyl groups excluding tert-OH is 1. The maximum atomic E-state index is 12.6. The van der Waals surface area contributed by atoms with Crippen molar-refractivity contribution >= 4 is 17.1 Å². The SMILES string of the molecule is CCN(CC)CCNc1nc2c(c(=O)[nH]c(=O)n2C)n1C[C@@H](O)COc1ccc(OC)cc1. The summed E-state index contributed by atoms with van der Waals surface area (Å²) in [5, 5.41) is 13.9. The van der Waals surface area contributed by atoms with Crippen LogP contribution < -0.4 is 26.0 Å². The van der Waals surface area contributed by atoms with Crippen LogP contribution in [-0.4, -0.2) is 75.1 Å². The summed E-state index contributed by atoms with van der Waals surface area (Å²) in [6, 6.07) is 7.03. The second-order valence-electron chi connectivity index (χ2n) is 7.63. The molecule has 3 rings (SSSR count). The predicted octanol–water partition coefficient (Wildman–Crippen LogP) is 0.626. The first-order chi connectivity index (χ1) is 15.9. The maximum absolute atomic E-state index is 12.6. The van der Waals surface area contributed by atoms with Gasteiger partial charge in [0.2, 0.25) is 5.95 Å². The Morgan fingerprint density at radius 1 is 1.18 bits per heavy atom. The number of hydrogen-bond acceptors (Lipinski definition) is 8. The van der Waals surface area contributed by atoms with E-state index in [1.54, 1.807) is 43.0 Å². The quantitative estimate of drug-likeness (QED) is 0.359. The van der Waals surface area contributed by atoms with Gasteiger partial charge in [-0.25, -0.2) is 4.79 Å². The summed E-state index contributed by atoms with van der Waals surface area (Å²) in [5.41, 5.74) is -0.640. The molecule has 0 saturated carbocycles. The third-order valence-corrected chi connectivity index (χ3v) is 5.51. The summed E-state index contributed by atoms with van der Waals surface area (Å²) >= 11 is 0. The lowest BCUT2D eigenvalue weighted by molar-refractivity contribution is 0.0938. The number of aromatic nitrogens is 4. The second-order valence-corrected chi connectivity index (χ2v) is 7.63. The molecule has 2 heterocycles. The van der Waals surface area contributed by atoms with Gasteiger partial charge >= 0.3 is 5.69 Å². The van der Waals surface area contributed by atoms with Gasteiger partial charge in [-0.05, 0) is 37.4 Å². The first-order valence-corrected chi connectivity index (χ1v) is 11.0. The number of likely N-dealkylation sites (N-methyl/N-ethyl adjacent to an activating group) is 1. The maximum Gasteiger partial charge on any atom is 0.329 e. The minimum absolute atomic E-state index is 0.00849. The normalized spacial score (nSPS) is 12.3. The molecule has 0 aliphatic carbocycles. The van der Waals surface area contributed by atoms with E-state index in [2.05, 4.69) is 34.0 Å². The Morgan fingerprint density at radius 2 is 1.85 bits per heavy atom. The zero-order valence-electron chi connectivity index (χ0n) is 19.5. The molecule has 0 fully saturated rings. The minimum Gasteiger partial charge on any atom is -0.497 e. The van der Waals surface area contributed by atoms with Gasteiger partial charge in [-0.3, -0.25) is 14.3 Å². The van der Waals surface area contributed by atoms with E-state index in [1.807, 2.05) is 0 Å². The van der Waals surface area contributed by atoms with Crippen LogP contribution in [-0.2, 0) is 13.6 Å². The molecule has 0 aliphatic rings. The fraction of sp³-hybridized carbons (Fsp3) is 0.500. The van der Waals surface area contributed by atoms with Gasteiger partial charge in [-0.2, -0.15) is 4.98 Å². The highest BCUT2D eigenvalue weighted by atomic mass is 16.5. The lowest BCUT2D eigenvalue weighted by Gasteiger charge is -2.19. The van der Waals surface area contributed by atoms with Gasteiger partial charge in [0.05, 0.1) is 13.7 Å². The van der Waals surface area contributed by atoms with Crippen molar-refractivity contribution in [1.82, 2.24) is 24.0 Å². The molecule has 0 spiro atoms. The lowest BCUT2D eigenvalue weighted by Crippen LogP contribution is -2.31. The number of aromatic amines is 1. The van der Waals surface area contributed by atoms with Crippen LogP contribution in [0.3, 0.4) is 0 Å². The van der Waals surface area contributed by atoms with E-state index in [4.69, 9.17) is 9.47 Å². The predicted molar refractivity (Wildman–Crippen MR) is 126 cm³/mol. The number of fused-ring (bicyclic) bond motifs is 1. The smallest absolute Gasteiger partial charge is 0.329 e. The molecule has 1 aromatic carbocycles. The first-order valence-electron chi connectivity index (χ1n) is 11.0. The number of nitrogens with zero attached hydrogens (tertiary/aromatic N) is 4. The van der Waals surface area contributed by atoms with Crippen molar-refractivity contribution in [1.29, 1.82) is 0 Å². The lowest BCUT2D eigenvalue weighted by atomic mass is 10.3. The van der Waals surface area contributed by atoms with Crippen LogP contribution >= 0.6 is 0 Å². The van der Waals surface area contributed by atoms with E-state index in [0.717, 1.165) is 19.6 Å². The topological polar surface area (TPSA) is 127 Å². The number of rotatable bonds is 12. The molecule has 33 heavy (non-hydrogen) atoms. The first kappa shape index (κ1) is 24.3. The molecule has 0 amide bonds. The fourth-order valence-corrected chi connectivity index (χ4v) is 3.54. The molecule has 1 atom stereocenters. The van der Waals surface area contributed by atoms with Crippen molar-refractivity contribution in [3.63, 3.8) is 0 Å². The van der Waals surface area contributed by atoms with Gasteiger partial charge in [0.1, 0.15) is 24.2 Å². The summed E-state index contributed by atoms with van der Waals surface area (Å²) in [6.07, 6.45) is -0.926. The molecule has 0 radical (unpaired) electrons. The van der Waals surface area contributed by atoms with Crippen LogP contribution in [0.25, 0.3) is 11.2 Å². The summed E-state index contributed by atoms with van der Waals surface area (Å²) in [4.78, 5) is 33.7. The standard InChI is InChI=1S/C22H32N6O5/c1-5-27(6-2)12-11-23-21-24-19-18(20(30)25-22(31)26(19)3)28(21)13-15(29)14-33-17-9-7-16(32-4)8-10-17/h7-10,15,29H,5-6,11-14H2,1-4H3,(H,23,24)(H,25,30,31)/t15-/m1/s1. The summed E-state index contributed by atoms with van der Waals surface area (Å²) in [7, 11) is 3.13. The third kappa shape index (κ3) is 5.74. The molecule has 3 aromatic rings. The minimum atomic E-state index is -0.926. The molecular weight excluding hydrogens is 428 g/mol. The van der Waals surface area contributed by atoms with Gasteiger partial charge in [0, 0.05) is 20.1 Å². The number of nitrogens with one attached hydrogen (secondary N) is 2. The van der Waals surface area contributed by atoms with Crippen molar-refractivity contribution in [3.05, 3.63) is 45.1 Å². The summed E-state index contributed by atoms with van der Waals surface area (Å²) in [6.45, 7) is 7.47. The molecule has 180 valence electrons. The van der Waals surface area contributed by atoms with Crippen molar-refractivity contribution < 1.29 is 14.6 Å².